The number of ether oxygens (including phenoxy) is 1. The second-order valence-corrected chi connectivity index (χ2v) is 7.89. The summed E-state index contributed by atoms with van der Waals surface area (Å²) in [7, 11) is 0. The van der Waals surface area contributed by atoms with Gasteiger partial charge in [-0.15, -0.1) is 5.10 Å². The van der Waals surface area contributed by atoms with Gasteiger partial charge in [-0.2, -0.15) is 0 Å². The maximum absolute atomic E-state index is 12.7. The summed E-state index contributed by atoms with van der Waals surface area (Å²) < 4.78 is 8.21. The van der Waals surface area contributed by atoms with Crippen LogP contribution in [0.3, 0.4) is 0 Å². The topological polar surface area (TPSA) is 69.0 Å². The molecular formula is C21H21BrN4O2. The predicted octanol–water partition coefficient (Wildman–Crippen LogP) is 3.51. The van der Waals surface area contributed by atoms with Crippen LogP contribution in [-0.4, -0.2) is 40.7 Å². The summed E-state index contributed by atoms with van der Waals surface area (Å²) in [5.74, 6) is -0.219. The number of halogens is 1. The molecule has 2 aromatic carbocycles. The molecule has 1 aliphatic rings. The van der Waals surface area contributed by atoms with Crippen molar-refractivity contribution in [3.05, 3.63) is 76.5 Å². The van der Waals surface area contributed by atoms with E-state index in [-0.39, 0.29) is 11.3 Å². The van der Waals surface area contributed by atoms with E-state index in [2.05, 4.69) is 43.7 Å². The van der Waals surface area contributed by atoms with Gasteiger partial charge in [-0.1, -0.05) is 51.5 Å². The molecule has 0 aliphatic carbocycles. The Balaban J connectivity index is 1.50. The highest BCUT2D eigenvalue weighted by Crippen LogP contribution is 2.35. The molecule has 3 aromatic rings. The first-order valence-corrected chi connectivity index (χ1v) is 10.1. The lowest BCUT2D eigenvalue weighted by molar-refractivity contribution is 0.0486. The Kier molecular flexibility index (Phi) is 5.54. The smallest absolute Gasteiger partial charge is 0.273 e. The monoisotopic (exact) mass is 440 g/mol. The van der Waals surface area contributed by atoms with Crippen LogP contribution in [0.1, 0.15) is 28.9 Å². The first kappa shape index (κ1) is 18.8. The Bertz CT molecular complexity index is 952. The largest absolute Gasteiger partial charge is 0.381 e. The highest BCUT2D eigenvalue weighted by atomic mass is 79.9. The van der Waals surface area contributed by atoms with Crippen molar-refractivity contribution < 1.29 is 9.53 Å². The van der Waals surface area contributed by atoms with Gasteiger partial charge < -0.3 is 10.1 Å². The van der Waals surface area contributed by atoms with E-state index >= 15 is 0 Å². The number of amides is 1. The maximum Gasteiger partial charge on any atom is 0.273 e. The first-order chi connectivity index (χ1) is 13.7. The number of para-hydroxylation sites is 1. The Morgan fingerprint density at radius 3 is 2.68 bits per heavy atom. The van der Waals surface area contributed by atoms with Crippen molar-refractivity contribution >= 4 is 21.8 Å². The van der Waals surface area contributed by atoms with Crippen LogP contribution in [0.15, 0.2) is 65.3 Å². The lowest BCUT2D eigenvalue weighted by Gasteiger charge is -2.38. The summed E-state index contributed by atoms with van der Waals surface area (Å²) in [5, 5.41) is 11.2. The van der Waals surface area contributed by atoms with Gasteiger partial charge in [0, 0.05) is 29.6 Å². The Morgan fingerprint density at radius 2 is 1.93 bits per heavy atom. The number of aromatic nitrogens is 3. The van der Waals surface area contributed by atoms with Gasteiger partial charge in [0.05, 0.1) is 11.9 Å². The van der Waals surface area contributed by atoms with Crippen molar-refractivity contribution in [2.45, 2.75) is 18.3 Å². The molecule has 1 saturated heterocycles. The molecule has 1 aromatic heterocycles. The molecule has 1 aliphatic heterocycles. The van der Waals surface area contributed by atoms with Crippen LogP contribution in [0.2, 0.25) is 0 Å². The average molecular weight is 441 g/mol. The van der Waals surface area contributed by atoms with E-state index in [1.165, 1.54) is 5.56 Å². The van der Waals surface area contributed by atoms with Gasteiger partial charge >= 0.3 is 0 Å². The molecule has 7 heteroatoms. The minimum absolute atomic E-state index is 0.146. The fourth-order valence-corrected chi connectivity index (χ4v) is 3.96. The van der Waals surface area contributed by atoms with E-state index in [0.29, 0.717) is 25.5 Å². The fourth-order valence-electron chi connectivity index (χ4n) is 3.56. The van der Waals surface area contributed by atoms with Crippen LogP contribution in [0, 0.1) is 0 Å². The van der Waals surface area contributed by atoms with Crippen molar-refractivity contribution in [1.82, 2.24) is 20.3 Å². The molecule has 0 bridgehead atoms. The van der Waals surface area contributed by atoms with Crippen LogP contribution in [0.25, 0.3) is 5.69 Å². The van der Waals surface area contributed by atoms with E-state index in [9.17, 15) is 4.79 Å². The SMILES string of the molecule is O=C(NCC1(c2cccc(Br)c2)CCOCC1)c1cn(-c2ccccc2)nn1. The second-order valence-electron chi connectivity index (χ2n) is 6.97. The highest BCUT2D eigenvalue weighted by Gasteiger charge is 2.35. The molecule has 0 spiro atoms. The second kappa shape index (κ2) is 8.24. The van der Waals surface area contributed by atoms with Crippen molar-refractivity contribution in [2.24, 2.45) is 0 Å². The summed E-state index contributed by atoms with van der Waals surface area (Å²) in [6, 6.07) is 17.9. The zero-order chi connectivity index (χ0) is 19.4. The summed E-state index contributed by atoms with van der Waals surface area (Å²) in [5.41, 5.74) is 2.23. The molecule has 0 unspecified atom stereocenters. The quantitative estimate of drug-likeness (QED) is 0.658. The summed E-state index contributed by atoms with van der Waals surface area (Å²) >= 11 is 3.56. The van der Waals surface area contributed by atoms with E-state index in [1.807, 2.05) is 42.5 Å². The van der Waals surface area contributed by atoms with Crippen LogP contribution < -0.4 is 5.32 Å². The minimum atomic E-state index is -0.219. The molecule has 28 heavy (non-hydrogen) atoms. The third-order valence-electron chi connectivity index (χ3n) is 5.22. The van der Waals surface area contributed by atoms with Crippen molar-refractivity contribution in [2.75, 3.05) is 19.8 Å². The van der Waals surface area contributed by atoms with Gasteiger partial charge in [0.1, 0.15) is 0 Å². The van der Waals surface area contributed by atoms with E-state index < -0.39 is 0 Å². The van der Waals surface area contributed by atoms with Gasteiger partial charge in [-0.25, -0.2) is 4.68 Å². The van der Waals surface area contributed by atoms with Crippen LogP contribution >= 0.6 is 15.9 Å². The number of benzene rings is 2. The molecule has 4 rings (SSSR count). The molecular weight excluding hydrogens is 420 g/mol. The zero-order valence-electron chi connectivity index (χ0n) is 15.3. The minimum Gasteiger partial charge on any atom is -0.381 e. The number of hydrogen-bond acceptors (Lipinski definition) is 4. The third kappa shape index (κ3) is 4.00. The molecule has 1 N–H and O–H groups in total. The van der Waals surface area contributed by atoms with Crippen molar-refractivity contribution in [1.29, 1.82) is 0 Å². The van der Waals surface area contributed by atoms with Crippen molar-refractivity contribution in [3.8, 4) is 5.69 Å². The number of nitrogens with zero attached hydrogens (tertiary/aromatic N) is 3. The van der Waals surface area contributed by atoms with E-state index in [4.69, 9.17) is 4.74 Å². The van der Waals surface area contributed by atoms with Crippen LogP contribution in [0.5, 0.6) is 0 Å². The number of carbonyl (C=O) groups excluding carboxylic acids is 1. The van der Waals surface area contributed by atoms with Gasteiger partial charge in [-0.05, 0) is 42.7 Å². The molecule has 144 valence electrons. The summed E-state index contributed by atoms with van der Waals surface area (Å²) in [6.45, 7) is 1.91. The standard InChI is InChI=1S/C21H21BrN4O2/c22-17-6-4-5-16(13-17)21(9-11-28-12-10-21)15-23-20(27)19-14-26(25-24-19)18-7-2-1-3-8-18/h1-8,13-14H,9-12,15H2,(H,23,27). The average Bonchev–Trinajstić information content (AvgIpc) is 3.24. The van der Waals surface area contributed by atoms with Crippen molar-refractivity contribution in [3.63, 3.8) is 0 Å². The lowest BCUT2D eigenvalue weighted by Crippen LogP contribution is -2.44. The van der Waals surface area contributed by atoms with Gasteiger partial charge in [0.2, 0.25) is 0 Å². The van der Waals surface area contributed by atoms with E-state index in [1.54, 1.807) is 10.9 Å². The summed E-state index contributed by atoms with van der Waals surface area (Å²) in [4.78, 5) is 12.7. The third-order valence-corrected chi connectivity index (χ3v) is 5.71. The van der Waals surface area contributed by atoms with Gasteiger partial charge in [-0.3, -0.25) is 4.79 Å². The predicted molar refractivity (Wildman–Crippen MR) is 110 cm³/mol. The number of carbonyl (C=O) groups is 1. The van der Waals surface area contributed by atoms with Crippen LogP contribution in [-0.2, 0) is 10.2 Å². The fraction of sp³-hybridized carbons (Fsp3) is 0.286. The number of nitrogens with one attached hydrogen (secondary N) is 1. The maximum atomic E-state index is 12.7. The molecule has 0 radical (unpaired) electrons. The van der Waals surface area contributed by atoms with Crippen LogP contribution in [0.4, 0.5) is 0 Å². The summed E-state index contributed by atoms with van der Waals surface area (Å²) in [6.07, 6.45) is 3.38. The molecule has 1 fully saturated rings. The molecule has 0 saturated carbocycles. The molecule has 1 amide bonds. The Hall–Kier alpha value is -2.51. The Labute approximate surface area is 172 Å². The van der Waals surface area contributed by atoms with E-state index in [0.717, 1.165) is 23.0 Å². The molecule has 0 atom stereocenters. The van der Waals surface area contributed by atoms with Gasteiger partial charge in [0.15, 0.2) is 5.69 Å². The first-order valence-electron chi connectivity index (χ1n) is 9.26. The number of rotatable bonds is 5. The highest BCUT2D eigenvalue weighted by molar-refractivity contribution is 9.10. The Morgan fingerprint density at radius 1 is 1.14 bits per heavy atom. The molecule has 2 heterocycles. The lowest BCUT2D eigenvalue weighted by atomic mass is 9.74. The zero-order valence-corrected chi connectivity index (χ0v) is 16.9. The van der Waals surface area contributed by atoms with Gasteiger partial charge in [0.25, 0.3) is 5.91 Å². The molecule has 6 nitrogen and oxygen atoms in total. The normalized spacial score (nSPS) is 15.9. The number of hydrogen-bond donors (Lipinski definition) is 1.